The molecule has 9 rings (SSSR count). The van der Waals surface area contributed by atoms with Gasteiger partial charge in [0.15, 0.2) is 0 Å². The fraction of sp³-hybridized carbons (Fsp3) is 0. The van der Waals surface area contributed by atoms with Crippen LogP contribution in [0.15, 0.2) is 182 Å². The number of hydrogen-bond acceptors (Lipinski definition) is 2. The Balaban J connectivity index is 1.27. The normalized spacial score (nSPS) is 15.1. The summed E-state index contributed by atoms with van der Waals surface area (Å²) in [6.45, 7) is 0. The van der Waals surface area contributed by atoms with Gasteiger partial charge in [-0.1, -0.05) is 60.7 Å². The van der Waals surface area contributed by atoms with Crippen LogP contribution in [0, 0.1) is 0 Å². The molecule has 2 aliphatic rings. The standard InChI is InChI=1S/C42H30NOPSeSi/c44-45(32-29-27-31(28-30-32)43-35-19-7-11-23-39(35)46-40-24-12-8-20-36(40)43)37-21-9-13-25-41(37)47(33-15-3-1-4-16-33,34-17-5-2-6-18-34)42-26-14-10-22-38(42)45/h1-30H. The number of benzene rings is 7. The van der Waals surface area contributed by atoms with Gasteiger partial charge in [0.2, 0.25) is 0 Å². The van der Waals surface area contributed by atoms with E-state index in [1.54, 1.807) is 0 Å². The first-order chi connectivity index (χ1) is 23.2. The summed E-state index contributed by atoms with van der Waals surface area (Å²) in [4.78, 5) is 2.36. The SMILES string of the molecule is O=P1(c2ccc(N3c4ccccc4[Se]c4ccccc43)cc2)c2ccccc2[Si](c2ccccc2)(c2ccccc2)c2ccccc21. The van der Waals surface area contributed by atoms with Gasteiger partial charge in [0.1, 0.15) is 0 Å². The molecule has 2 aliphatic heterocycles. The predicted octanol–water partition coefficient (Wildman–Crippen LogP) is 4.46. The molecule has 47 heavy (non-hydrogen) atoms. The monoisotopic (exact) mass is 703 g/mol. The first kappa shape index (κ1) is 28.5. The van der Waals surface area contributed by atoms with Gasteiger partial charge in [-0.05, 0) is 0 Å². The van der Waals surface area contributed by atoms with E-state index in [-0.39, 0.29) is 15.0 Å². The average Bonchev–Trinajstić information content (AvgIpc) is 3.15. The molecule has 0 amide bonds. The summed E-state index contributed by atoms with van der Waals surface area (Å²) in [5.41, 5.74) is 3.52. The van der Waals surface area contributed by atoms with Crippen molar-refractivity contribution in [1.29, 1.82) is 0 Å². The Kier molecular flexibility index (Phi) is 6.81. The summed E-state index contributed by atoms with van der Waals surface area (Å²) in [6, 6.07) is 65.0. The van der Waals surface area contributed by atoms with Crippen LogP contribution in [-0.2, 0) is 4.57 Å². The molecule has 0 unspecified atom stereocenters. The van der Waals surface area contributed by atoms with Crippen molar-refractivity contribution in [3.05, 3.63) is 182 Å². The quantitative estimate of drug-likeness (QED) is 0.200. The maximum atomic E-state index is 16.1. The topological polar surface area (TPSA) is 20.3 Å². The van der Waals surface area contributed by atoms with Gasteiger partial charge in [0, 0.05) is 0 Å². The molecule has 2 heterocycles. The molecule has 2 nitrogen and oxygen atoms in total. The Morgan fingerprint density at radius 3 is 1.38 bits per heavy atom. The Morgan fingerprint density at radius 2 is 0.872 bits per heavy atom. The van der Waals surface area contributed by atoms with Crippen LogP contribution in [-0.4, -0.2) is 23.0 Å². The van der Waals surface area contributed by atoms with Crippen LogP contribution in [0.1, 0.15) is 0 Å². The van der Waals surface area contributed by atoms with Crippen LogP contribution >= 0.6 is 7.14 Å². The fourth-order valence-electron chi connectivity index (χ4n) is 7.64. The molecular formula is C42H30NOPSeSi. The Labute approximate surface area is 282 Å². The summed E-state index contributed by atoms with van der Waals surface area (Å²) >= 11 is 0.248. The van der Waals surface area contributed by atoms with Crippen molar-refractivity contribution in [2.75, 3.05) is 4.90 Å². The maximum absolute atomic E-state index is 16.1. The Hall–Kier alpha value is -4.69. The Bertz CT molecular complexity index is 2190. The zero-order chi connectivity index (χ0) is 31.4. The number of rotatable bonds is 4. The van der Waals surface area contributed by atoms with Gasteiger partial charge in [-0.25, -0.2) is 0 Å². The molecule has 0 aliphatic carbocycles. The predicted molar refractivity (Wildman–Crippen MR) is 203 cm³/mol. The zero-order valence-corrected chi connectivity index (χ0v) is 29.1. The second-order valence-electron chi connectivity index (χ2n) is 12.0. The second kappa shape index (κ2) is 11.2. The summed E-state index contributed by atoms with van der Waals surface area (Å²) < 4.78 is 18.9. The van der Waals surface area contributed by atoms with Crippen LogP contribution in [0.5, 0.6) is 0 Å². The second-order valence-corrected chi connectivity index (χ2v) is 20.7. The third kappa shape index (κ3) is 4.20. The number of para-hydroxylation sites is 2. The molecule has 0 bridgehead atoms. The minimum atomic E-state index is -3.24. The summed E-state index contributed by atoms with van der Waals surface area (Å²) in [5, 5.41) is 7.82. The molecule has 0 radical (unpaired) electrons. The molecule has 0 spiro atoms. The average molecular weight is 703 g/mol. The van der Waals surface area contributed by atoms with E-state index in [0.717, 1.165) is 21.6 Å². The Morgan fingerprint density at radius 1 is 0.447 bits per heavy atom. The zero-order valence-electron chi connectivity index (χ0n) is 25.5. The number of nitrogens with zero attached hydrogens (tertiary/aromatic N) is 1. The van der Waals surface area contributed by atoms with Crippen LogP contribution in [0.25, 0.3) is 0 Å². The fourth-order valence-corrected chi connectivity index (χ4v) is 19.5. The number of anilines is 3. The molecule has 0 aromatic heterocycles. The molecular weight excluding hydrogens is 672 g/mol. The molecule has 0 saturated heterocycles. The van der Waals surface area contributed by atoms with Crippen LogP contribution in [0.3, 0.4) is 0 Å². The van der Waals surface area contributed by atoms with E-state index >= 15 is 4.57 Å². The van der Waals surface area contributed by atoms with Gasteiger partial charge in [0.25, 0.3) is 0 Å². The summed E-state index contributed by atoms with van der Waals surface area (Å²) in [6.07, 6.45) is 0. The van der Waals surface area contributed by atoms with E-state index in [9.17, 15) is 0 Å². The van der Waals surface area contributed by atoms with Crippen LogP contribution in [0.2, 0.25) is 0 Å². The molecule has 0 atom stereocenters. The molecule has 5 heteroatoms. The van der Waals surface area contributed by atoms with Crippen molar-refractivity contribution in [2.24, 2.45) is 0 Å². The first-order valence-corrected chi connectivity index (χ1v) is 21.3. The van der Waals surface area contributed by atoms with E-state index in [0.29, 0.717) is 0 Å². The van der Waals surface area contributed by atoms with E-state index in [2.05, 4.69) is 187 Å². The van der Waals surface area contributed by atoms with Crippen molar-refractivity contribution in [1.82, 2.24) is 0 Å². The van der Waals surface area contributed by atoms with Crippen molar-refractivity contribution in [2.45, 2.75) is 0 Å². The van der Waals surface area contributed by atoms with Gasteiger partial charge >= 0.3 is 224 Å². The van der Waals surface area contributed by atoms with Crippen LogP contribution in [0.4, 0.5) is 17.1 Å². The third-order valence-corrected chi connectivity index (χ3v) is 20.5. The molecule has 0 saturated carbocycles. The van der Waals surface area contributed by atoms with Crippen molar-refractivity contribution in [3.63, 3.8) is 0 Å². The van der Waals surface area contributed by atoms with E-state index in [4.69, 9.17) is 0 Å². The van der Waals surface area contributed by atoms with Gasteiger partial charge in [-0.3, -0.25) is 0 Å². The minimum absolute atomic E-state index is 0.248. The van der Waals surface area contributed by atoms with Crippen LogP contribution < -0.4 is 50.5 Å². The molecule has 7 aromatic rings. The van der Waals surface area contributed by atoms with Crippen molar-refractivity contribution >= 4 is 92.8 Å². The third-order valence-electron chi connectivity index (χ3n) is 9.61. The van der Waals surface area contributed by atoms with E-state index in [1.165, 1.54) is 41.0 Å². The molecule has 0 N–H and O–H groups in total. The van der Waals surface area contributed by atoms with Gasteiger partial charge in [-0.15, -0.1) is 0 Å². The van der Waals surface area contributed by atoms with Crippen molar-refractivity contribution < 1.29 is 4.57 Å². The summed E-state index contributed by atoms with van der Waals surface area (Å²) in [5.74, 6) is 0. The van der Waals surface area contributed by atoms with Gasteiger partial charge < -0.3 is 0 Å². The summed E-state index contributed by atoms with van der Waals surface area (Å²) in [7, 11) is -6.03. The number of fused-ring (bicyclic) bond motifs is 4. The first-order valence-electron chi connectivity index (χ1n) is 15.9. The van der Waals surface area contributed by atoms with E-state index < -0.39 is 15.2 Å². The molecule has 224 valence electrons. The molecule has 7 aromatic carbocycles. The van der Waals surface area contributed by atoms with Gasteiger partial charge in [-0.2, -0.15) is 0 Å². The molecule has 0 fully saturated rings. The van der Waals surface area contributed by atoms with E-state index in [1.807, 2.05) is 0 Å². The van der Waals surface area contributed by atoms with Crippen molar-refractivity contribution in [3.8, 4) is 0 Å². The van der Waals surface area contributed by atoms with Gasteiger partial charge in [0.05, 0.1) is 0 Å². The number of hydrogen-bond donors (Lipinski definition) is 0.